The Labute approximate surface area is 153 Å². The maximum absolute atomic E-state index is 15.0. The Morgan fingerprint density at radius 3 is 2.88 bits per heavy atom. The minimum absolute atomic E-state index is 0.124. The smallest absolute Gasteiger partial charge is 0.253 e. The van der Waals surface area contributed by atoms with E-state index < -0.39 is 5.82 Å². The van der Waals surface area contributed by atoms with Gasteiger partial charge in [-0.1, -0.05) is 22.9 Å². The second kappa shape index (κ2) is 7.23. The number of nitrogens with one attached hydrogen (secondary N) is 3. The Bertz CT molecular complexity index is 938. The van der Waals surface area contributed by atoms with Crippen molar-refractivity contribution in [1.29, 1.82) is 0 Å². The Morgan fingerprint density at radius 1 is 1.36 bits per heavy atom. The van der Waals surface area contributed by atoms with E-state index in [1.54, 1.807) is 6.07 Å². The van der Waals surface area contributed by atoms with Crippen LogP contribution < -0.4 is 10.6 Å². The van der Waals surface area contributed by atoms with Crippen LogP contribution in [0, 0.1) is 12.7 Å². The molecule has 7 heteroatoms. The summed E-state index contributed by atoms with van der Waals surface area (Å²) in [7, 11) is 0. The summed E-state index contributed by atoms with van der Waals surface area (Å²) in [6.07, 6.45) is 2.21. The fraction of sp³-hybridized carbons (Fsp3) is 0.222. The number of nitrogens with zero attached hydrogens (tertiary/aromatic N) is 1. The third-order valence-corrected chi connectivity index (χ3v) is 4.38. The highest BCUT2D eigenvalue weighted by molar-refractivity contribution is 9.10. The first-order valence-electron chi connectivity index (χ1n) is 7.98. The van der Waals surface area contributed by atoms with Gasteiger partial charge in [-0.05, 0) is 43.2 Å². The van der Waals surface area contributed by atoms with Gasteiger partial charge in [-0.25, -0.2) is 9.37 Å². The van der Waals surface area contributed by atoms with Gasteiger partial charge >= 0.3 is 0 Å². The number of hydrogen-bond donors (Lipinski definition) is 3. The van der Waals surface area contributed by atoms with Crippen LogP contribution in [-0.2, 0) is 0 Å². The summed E-state index contributed by atoms with van der Waals surface area (Å²) >= 11 is 3.41. The van der Waals surface area contributed by atoms with Crippen LogP contribution in [-0.4, -0.2) is 22.4 Å². The number of rotatable bonds is 5. The molecular weight excluding hydrogens is 387 g/mol. The van der Waals surface area contributed by atoms with E-state index in [2.05, 4.69) is 36.5 Å². The van der Waals surface area contributed by atoms with Gasteiger partial charge in [0.15, 0.2) is 5.82 Å². The topological polar surface area (TPSA) is 69.8 Å². The Hall–Kier alpha value is -2.41. The van der Waals surface area contributed by atoms with Gasteiger partial charge in [0.1, 0.15) is 5.52 Å². The van der Waals surface area contributed by atoms with E-state index >= 15 is 4.39 Å². The highest BCUT2D eigenvalue weighted by atomic mass is 79.9. The minimum atomic E-state index is -0.553. The highest BCUT2D eigenvalue weighted by Gasteiger charge is 2.20. The van der Waals surface area contributed by atoms with Crippen LogP contribution in [0.2, 0.25) is 0 Å². The summed E-state index contributed by atoms with van der Waals surface area (Å²) in [6.45, 7) is 4.40. The monoisotopic (exact) mass is 404 g/mol. The molecule has 0 fully saturated rings. The summed E-state index contributed by atoms with van der Waals surface area (Å²) in [6, 6.07) is 7.23. The minimum Gasteiger partial charge on any atom is -0.352 e. The zero-order valence-corrected chi connectivity index (χ0v) is 15.5. The number of H-pyrrole nitrogens is 1. The number of aromatic nitrogens is 2. The molecule has 0 aliphatic carbocycles. The fourth-order valence-electron chi connectivity index (χ4n) is 2.58. The van der Waals surface area contributed by atoms with Crippen LogP contribution in [0.25, 0.3) is 11.0 Å². The number of carbonyl (C=O) groups is 1. The number of imidazole rings is 1. The van der Waals surface area contributed by atoms with Gasteiger partial charge in [0.2, 0.25) is 0 Å². The lowest BCUT2D eigenvalue weighted by Crippen LogP contribution is -2.25. The van der Waals surface area contributed by atoms with Gasteiger partial charge in [-0.3, -0.25) is 4.79 Å². The van der Waals surface area contributed by atoms with Gasteiger partial charge < -0.3 is 15.6 Å². The number of fused-ring (bicyclic) bond motifs is 1. The molecule has 0 aliphatic rings. The number of benzene rings is 2. The molecule has 1 aromatic heterocycles. The first kappa shape index (κ1) is 17.4. The molecule has 0 bridgehead atoms. The fourth-order valence-corrected chi connectivity index (χ4v) is 3.05. The lowest BCUT2D eigenvalue weighted by molar-refractivity contribution is 0.0954. The van der Waals surface area contributed by atoms with E-state index in [-0.39, 0.29) is 22.7 Å². The maximum Gasteiger partial charge on any atom is 0.253 e. The number of hydrogen-bond acceptors (Lipinski definition) is 3. The molecule has 25 heavy (non-hydrogen) atoms. The van der Waals surface area contributed by atoms with Crippen molar-refractivity contribution in [2.24, 2.45) is 0 Å². The molecular formula is C18H18BrFN4O. The number of amides is 1. The number of carbonyl (C=O) groups excluding carboxylic acids is 1. The SMILES string of the molecule is CCCNC(=O)c1cc2[nH]cnc2c(F)c1Nc1ccc(Br)cc1C. The Balaban J connectivity index is 2.10. The van der Waals surface area contributed by atoms with Gasteiger partial charge in [-0.15, -0.1) is 0 Å². The number of halogens is 2. The zero-order chi connectivity index (χ0) is 18.0. The van der Waals surface area contributed by atoms with Crippen molar-refractivity contribution >= 4 is 44.2 Å². The van der Waals surface area contributed by atoms with E-state index in [9.17, 15) is 4.79 Å². The molecule has 3 rings (SSSR count). The predicted molar refractivity (Wildman–Crippen MR) is 101 cm³/mol. The van der Waals surface area contributed by atoms with Crippen molar-refractivity contribution in [3.63, 3.8) is 0 Å². The van der Waals surface area contributed by atoms with Crippen LogP contribution >= 0.6 is 15.9 Å². The number of aryl methyl sites for hydroxylation is 1. The summed E-state index contributed by atoms with van der Waals surface area (Å²) in [5.41, 5.74) is 2.70. The van der Waals surface area contributed by atoms with Crippen LogP contribution in [0.1, 0.15) is 29.3 Å². The molecule has 0 spiro atoms. The van der Waals surface area contributed by atoms with Gasteiger partial charge in [-0.2, -0.15) is 0 Å². The molecule has 0 aliphatic heterocycles. The van der Waals surface area contributed by atoms with Crippen molar-refractivity contribution in [3.05, 3.63) is 52.0 Å². The average molecular weight is 405 g/mol. The van der Waals surface area contributed by atoms with Crippen molar-refractivity contribution < 1.29 is 9.18 Å². The first-order valence-corrected chi connectivity index (χ1v) is 8.77. The van der Waals surface area contributed by atoms with Crippen molar-refractivity contribution in [1.82, 2.24) is 15.3 Å². The van der Waals surface area contributed by atoms with Crippen LogP contribution in [0.15, 0.2) is 35.1 Å². The van der Waals surface area contributed by atoms with Crippen molar-refractivity contribution in [2.45, 2.75) is 20.3 Å². The molecule has 0 saturated heterocycles. The third-order valence-electron chi connectivity index (χ3n) is 3.88. The zero-order valence-electron chi connectivity index (χ0n) is 13.9. The van der Waals surface area contributed by atoms with E-state index in [4.69, 9.17) is 0 Å². The third kappa shape index (κ3) is 3.51. The molecule has 0 unspecified atom stereocenters. The second-order valence-electron chi connectivity index (χ2n) is 5.75. The Kier molecular flexibility index (Phi) is 5.03. The molecule has 0 atom stereocenters. The normalized spacial score (nSPS) is 10.9. The first-order chi connectivity index (χ1) is 12.0. The summed E-state index contributed by atoms with van der Waals surface area (Å²) < 4.78 is 15.9. The van der Waals surface area contributed by atoms with E-state index in [1.165, 1.54) is 6.33 Å². The van der Waals surface area contributed by atoms with Crippen molar-refractivity contribution in [2.75, 3.05) is 11.9 Å². The highest BCUT2D eigenvalue weighted by Crippen LogP contribution is 2.31. The lowest BCUT2D eigenvalue weighted by Gasteiger charge is -2.15. The van der Waals surface area contributed by atoms with Gasteiger partial charge in [0.05, 0.1) is 23.1 Å². The standard InChI is InChI=1S/C18H18BrFN4O/c1-3-6-21-18(25)12-8-14-17(23-9-22-14)15(20)16(12)24-13-5-4-11(19)7-10(13)2/h4-5,7-9,24H,3,6H2,1-2H3,(H,21,25)(H,22,23). The quantitative estimate of drug-likeness (QED) is 0.579. The molecule has 1 heterocycles. The summed E-state index contributed by atoms with van der Waals surface area (Å²) in [5.74, 6) is -0.878. The average Bonchev–Trinajstić information content (AvgIpc) is 3.05. The molecule has 0 saturated carbocycles. The van der Waals surface area contributed by atoms with Gasteiger partial charge in [0.25, 0.3) is 5.91 Å². The Morgan fingerprint density at radius 2 is 2.16 bits per heavy atom. The van der Waals surface area contributed by atoms with E-state index in [1.807, 2.05) is 32.0 Å². The van der Waals surface area contributed by atoms with Crippen LogP contribution in [0.5, 0.6) is 0 Å². The molecule has 1 amide bonds. The molecule has 130 valence electrons. The van der Waals surface area contributed by atoms with Crippen LogP contribution in [0.4, 0.5) is 15.8 Å². The predicted octanol–water partition coefficient (Wildman–Crippen LogP) is 4.66. The largest absolute Gasteiger partial charge is 0.352 e. The number of anilines is 2. The van der Waals surface area contributed by atoms with Crippen LogP contribution in [0.3, 0.4) is 0 Å². The summed E-state index contributed by atoms with van der Waals surface area (Å²) in [4.78, 5) is 19.4. The maximum atomic E-state index is 15.0. The number of aromatic amines is 1. The molecule has 5 nitrogen and oxygen atoms in total. The van der Waals surface area contributed by atoms with Crippen molar-refractivity contribution in [3.8, 4) is 0 Å². The molecule has 2 aromatic carbocycles. The molecule has 3 aromatic rings. The molecule has 3 N–H and O–H groups in total. The summed E-state index contributed by atoms with van der Waals surface area (Å²) in [5, 5.41) is 5.86. The lowest BCUT2D eigenvalue weighted by atomic mass is 10.1. The van der Waals surface area contributed by atoms with Gasteiger partial charge in [0, 0.05) is 16.7 Å². The van der Waals surface area contributed by atoms with E-state index in [0.29, 0.717) is 12.1 Å². The second-order valence-corrected chi connectivity index (χ2v) is 6.67. The molecule has 0 radical (unpaired) electrons. The van der Waals surface area contributed by atoms with E-state index in [0.717, 1.165) is 22.1 Å².